The molecule has 1 saturated heterocycles. The molecule has 0 spiro atoms. The number of aromatic nitrogens is 1. The van der Waals surface area contributed by atoms with Gasteiger partial charge in [0.2, 0.25) is 0 Å². The number of aryl methyl sites for hydroxylation is 1. The van der Waals surface area contributed by atoms with E-state index in [4.69, 9.17) is 0 Å². The summed E-state index contributed by atoms with van der Waals surface area (Å²) in [5, 5.41) is 0.471. The van der Waals surface area contributed by atoms with Crippen molar-refractivity contribution in [2.75, 3.05) is 13.1 Å². The van der Waals surface area contributed by atoms with Gasteiger partial charge in [-0.25, -0.2) is 4.39 Å². The van der Waals surface area contributed by atoms with E-state index in [1.807, 2.05) is 0 Å². The van der Waals surface area contributed by atoms with Gasteiger partial charge in [0.15, 0.2) is 0 Å². The van der Waals surface area contributed by atoms with Gasteiger partial charge >= 0.3 is 6.36 Å². The molecule has 0 N–H and O–H groups in total. The molecule has 0 saturated carbocycles. The van der Waals surface area contributed by atoms with Gasteiger partial charge in [0.05, 0.1) is 5.56 Å². The number of halogens is 4. The highest BCUT2D eigenvalue weighted by Crippen LogP contribution is 2.35. The van der Waals surface area contributed by atoms with Gasteiger partial charge in [-0.1, -0.05) is 19.9 Å². The average molecular weight is 490 g/mol. The third-order valence-electron chi connectivity index (χ3n) is 6.66. The lowest BCUT2D eigenvalue weighted by molar-refractivity contribution is -0.274. The Morgan fingerprint density at radius 3 is 2.37 bits per heavy atom. The number of nitrogens with zero attached hydrogens (tertiary/aromatic N) is 2. The van der Waals surface area contributed by atoms with Gasteiger partial charge in [0, 0.05) is 37.3 Å². The van der Waals surface area contributed by atoms with Crippen LogP contribution in [0.15, 0.2) is 47.4 Å². The lowest BCUT2D eigenvalue weighted by Crippen LogP contribution is -2.39. The van der Waals surface area contributed by atoms with Crippen LogP contribution in [0.5, 0.6) is 5.75 Å². The van der Waals surface area contributed by atoms with Gasteiger partial charge in [0.1, 0.15) is 11.6 Å². The van der Waals surface area contributed by atoms with Crippen molar-refractivity contribution in [2.45, 2.75) is 33.1 Å². The maximum atomic E-state index is 14.0. The number of amides is 1. The van der Waals surface area contributed by atoms with E-state index in [0.717, 1.165) is 31.0 Å². The summed E-state index contributed by atoms with van der Waals surface area (Å²) in [5.41, 5.74) is 0.0254. The van der Waals surface area contributed by atoms with E-state index >= 15 is 0 Å². The molecular weight excluding hydrogens is 464 g/mol. The average Bonchev–Trinajstić information content (AvgIpc) is 2.80. The minimum Gasteiger partial charge on any atom is -0.405 e. The SMILES string of the molecule is CC(C)C1CCN(C(=O)c2ccc(-c3cn(C)c(=O)c4ccc(F)cc34)cc2OC(F)(F)F)CC1. The number of benzene rings is 2. The first-order valence-electron chi connectivity index (χ1n) is 11.4. The molecule has 0 atom stereocenters. The largest absolute Gasteiger partial charge is 0.573 e. The zero-order chi connectivity index (χ0) is 25.5. The van der Waals surface area contributed by atoms with Crippen molar-refractivity contribution in [2.24, 2.45) is 18.9 Å². The van der Waals surface area contributed by atoms with Crippen LogP contribution in [0, 0.1) is 17.7 Å². The summed E-state index contributed by atoms with van der Waals surface area (Å²) in [6.07, 6.45) is -2.02. The number of hydrogen-bond acceptors (Lipinski definition) is 3. The van der Waals surface area contributed by atoms with E-state index in [1.54, 1.807) is 4.90 Å². The van der Waals surface area contributed by atoms with E-state index < -0.39 is 23.8 Å². The summed E-state index contributed by atoms with van der Waals surface area (Å²) in [7, 11) is 1.50. The molecule has 186 valence electrons. The minimum atomic E-state index is -5.02. The number of alkyl halides is 3. The molecule has 1 aliphatic rings. The summed E-state index contributed by atoms with van der Waals surface area (Å²) in [6.45, 7) is 5.15. The topological polar surface area (TPSA) is 51.5 Å². The molecule has 0 unspecified atom stereocenters. The van der Waals surface area contributed by atoms with Crippen LogP contribution < -0.4 is 10.3 Å². The monoisotopic (exact) mass is 490 g/mol. The predicted molar refractivity (Wildman–Crippen MR) is 125 cm³/mol. The van der Waals surface area contributed by atoms with Crippen LogP contribution in [0.3, 0.4) is 0 Å². The molecule has 9 heteroatoms. The first kappa shape index (κ1) is 24.8. The standard InChI is InChI=1S/C26H26F4N2O3/c1-15(2)16-8-10-32(11-9-16)25(34)20-6-4-17(12-23(20)35-26(28,29)30)22-14-31(3)24(33)19-7-5-18(27)13-21(19)22/h4-7,12-16H,8-11H2,1-3H3. The van der Waals surface area contributed by atoms with Crippen molar-refractivity contribution in [1.29, 1.82) is 0 Å². The van der Waals surface area contributed by atoms with Crippen molar-refractivity contribution in [3.05, 3.63) is 64.3 Å². The fourth-order valence-electron chi connectivity index (χ4n) is 4.68. The molecule has 1 aliphatic heterocycles. The summed E-state index contributed by atoms with van der Waals surface area (Å²) in [4.78, 5) is 27.2. The normalized spacial score (nSPS) is 15.1. The number of likely N-dealkylation sites (tertiary alicyclic amines) is 1. The second kappa shape index (κ2) is 9.36. The first-order chi connectivity index (χ1) is 16.4. The molecule has 5 nitrogen and oxygen atoms in total. The van der Waals surface area contributed by atoms with Crippen LogP contribution in [0.1, 0.15) is 37.0 Å². The van der Waals surface area contributed by atoms with Gasteiger partial charge in [-0.2, -0.15) is 0 Å². The maximum absolute atomic E-state index is 14.0. The number of piperidine rings is 1. The second-order valence-corrected chi connectivity index (χ2v) is 9.28. The fourth-order valence-corrected chi connectivity index (χ4v) is 4.68. The van der Waals surface area contributed by atoms with Crippen molar-refractivity contribution in [1.82, 2.24) is 9.47 Å². The third-order valence-corrected chi connectivity index (χ3v) is 6.66. The Morgan fingerprint density at radius 2 is 1.74 bits per heavy atom. The number of carbonyl (C=O) groups is 1. The molecule has 2 heterocycles. The zero-order valence-electron chi connectivity index (χ0n) is 19.7. The lowest BCUT2D eigenvalue weighted by Gasteiger charge is -2.34. The number of carbonyl (C=O) groups excluding carboxylic acids is 1. The summed E-state index contributed by atoms with van der Waals surface area (Å²) >= 11 is 0. The number of rotatable bonds is 4. The van der Waals surface area contributed by atoms with Gasteiger partial charge < -0.3 is 14.2 Å². The highest BCUT2D eigenvalue weighted by molar-refractivity contribution is 6.00. The second-order valence-electron chi connectivity index (χ2n) is 9.28. The van der Waals surface area contributed by atoms with Crippen LogP contribution in [-0.4, -0.2) is 34.8 Å². The van der Waals surface area contributed by atoms with Crippen molar-refractivity contribution in [3.8, 4) is 16.9 Å². The summed E-state index contributed by atoms with van der Waals surface area (Å²) in [6, 6.07) is 7.54. The molecule has 1 amide bonds. The Balaban J connectivity index is 1.78. The fraction of sp³-hybridized carbons (Fsp3) is 0.385. The Kier molecular flexibility index (Phi) is 6.62. The van der Waals surface area contributed by atoms with E-state index in [2.05, 4.69) is 18.6 Å². The van der Waals surface area contributed by atoms with Crippen LogP contribution >= 0.6 is 0 Å². The molecule has 1 aromatic heterocycles. The number of hydrogen-bond donors (Lipinski definition) is 0. The molecule has 3 aromatic rings. The minimum absolute atomic E-state index is 0.200. The predicted octanol–water partition coefficient (Wildman–Crippen LogP) is 5.75. The maximum Gasteiger partial charge on any atom is 0.573 e. The molecule has 4 rings (SSSR count). The molecule has 35 heavy (non-hydrogen) atoms. The van der Waals surface area contributed by atoms with Crippen LogP contribution in [0.4, 0.5) is 17.6 Å². The Hall–Kier alpha value is -3.36. The van der Waals surface area contributed by atoms with Gasteiger partial charge in [-0.05, 0) is 66.0 Å². The number of fused-ring (bicyclic) bond motifs is 1. The molecule has 1 fully saturated rings. The van der Waals surface area contributed by atoms with E-state index in [1.165, 1.54) is 36.0 Å². The lowest BCUT2D eigenvalue weighted by atomic mass is 9.86. The zero-order valence-corrected chi connectivity index (χ0v) is 19.7. The van der Waals surface area contributed by atoms with E-state index in [-0.39, 0.29) is 27.5 Å². The van der Waals surface area contributed by atoms with E-state index in [9.17, 15) is 27.2 Å². The van der Waals surface area contributed by atoms with Crippen molar-refractivity contribution < 1.29 is 27.1 Å². The van der Waals surface area contributed by atoms with Gasteiger partial charge in [0.25, 0.3) is 11.5 Å². The number of ether oxygens (including phenoxy) is 1. The Morgan fingerprint density at radius 1 is 1.06 bits per heavy atom. The van der Waals surface area contributed by atoms with Crippen molar-refractivity contribution >= 4 is 16.7 Å². The molecule has 2 aromatic carbocycles. The first-order valence-corrected chi connectivity index (χ1v) is 11.4. The third kappa shape index (κ3) is 5.18. The Labute approximate surface area is 199 Å². The van der Waals surface area contributed by atoms with Crippen LogP contribution in [0.25, 0.3) is 21.9 Å². The van der Waals surface area contributed by atoms with Gasteiger partial charge in [-0.15, -0.1) is 13.2 Å². The van der Waals surface area contributed by atoms with Crippen LogP contribution in [-0.2, 0) is 7.05 Å². The smallest absolute Gasteiger partial charge is 0.405 e. The molecule has 0 radical (unpaired) electrons. The quantitative estimate of drug-likeness (QED) is 0.438. The highest BCUT2D eigenvalue weighted by Gasteiger charge is 2.34. The van der Waals surface area contributed by atoms with Crippen LogP contribution in [0.2, 0.25) is 0 Å². The van der Waals surface area contributed by atoms with E-state index in [0.29, 0.717) is 30.5 Å². The molecule has 0 bridgehead atoms. The van der Waals surface area contributed by atoms with Crippen molar-refractivity contribution in [3.63, 3.8) is 0 Å². The highest BCUT2D eigenvalue weighted by atomic mass is 19.4. The summed E-state index contributed by atoms with van der Waals surface area (Å²) < 4.78 is 59.4. The number of pyridine rings is 1. The Bertz CT molecular complexity index is 1320. The molecule has 0 aliphatic carbocycles. The molecular formula is C26H26F4N2O3. The summed E-state index contributed by atoms with van der Waals surface area (Å²) in [5.74, 6) is -0.822. The van der Waals surface area contributed by atoms with Gasteiger partial charge in [-0.3, -0.25) is 9.59 Å².